The molecule has 2 aromatic rings. The van der Waals surface area contributed by atoms with Gasteiger partial charge in [0, 0.05) is 25.0 Å². The number of pyridine rings is 1. The fourth-order valence-electron chi connectivity index (χ4n) is 2.92. The average Bonchev–Trinajstić information content (AvgIpc) is 3.01. The number of nitrogens with one attached hydrogen (secondary N) is 2. The van der Waals surface area contributed by atoms with Gasteiger partial charge in [-0.3, -0.25) is 14.2 Å². The molecule has 0 saturated carbocycles. The van der Waals surface area contributed by atoms with Gasteiger partial charge in [-0.1, -0.05) is 0 Å². The largest absolute Gasteiger partial charge is 0.387 e. The molecule has 26 heavy (non-hydrogen) atoms. The lowest BCUT2D eigenvalue weighted by molar-refractivity contribution is 0.0561. The van der Waals surface area contributed by atoms with E-state index in [1.807, 2.05) is 0 Å². The second kappa shape index (κ2) is 7.99. The number of nitrogens with zero attached hydrogens (tertiary/aromatic N) is 1. The molecule has 2 heterocycles. The van der Waals surface area contributed by atoms with Crippen molar-refractivity contribution in [1.29, 1.82) is 0 Å². The van der Waals surface area contributed by atoms with Crippen LogP contribution in [0.1, 0.15) is 22.3 Å². The van der Waals surface area contributed by atoms with E-state index in [1.165, 1.54) is 28.8 Å². The molecule has 6 nitrogen and oxygen atoms in total. The summed E-state index contributed by atoms with van der Waals surface area (Å²) in [6.07, 6.45) is 2.09. The van der Waals surface area contributed by atoms with E-state index in [2.05, 4.69) is 10.6 Å². The minimum atomic E-state index is -0.992. The van der Waals surface area contributed by atoms with Crippen molar-refractivity contribution in [1.82, 2.24) is 15.2 Å². The Kier molecular flexibility index (Phi) is 6.17. The summed E-state index contributed by atoms with van der Waals surface area (Å²) in [7, 11) is 0. The van der Waals surface area contributed by atoms with Crippen LogP contribution in [0.3, 0.4) is 0 Å². The van der Waals surface area contributed by atoms with Gasteiger partial charge in [0.15, 0.2) is 0 Å². The third-order valence-electron chi connectivity index (χ3n) is 4.43. The summed E-state index contributed by atoms with van der Waals surface area (Å²) in [6, 6.07) is 7.11. The van der Waals surface area contributed by atoms with E-state index in [0.29, 0.717) is 30.8 Å². The maximum Gasteiger partial charge on any atom is 0.268 e. The topological polar surface area (TPSA) is 83.4 Å². The van der Waals surface area contributed by atoms with E-state index in [4.69, 9.17) is 0 Å². The van der Waals surface area contributed by atoms with Crippen LogP contribution in [0.5, 0.6) is 0 Å². The van der Waals surface area contributed by atoms with Gasteiger partial charge in [-0.05, 0) is 55.8 Å². The molecule has 0 aliphatic carbocycles. The molecular formula is C18H21ClFN3O3. The molecule has 1 aliphatic heterocycles. The Hall–Kier alpha value is -2.22. The Labute approximate surface area is 156 Å². The number of β-amino-alcohol motifs (C(OH)–C–C–N with tert-alkyl or cyclic N) is 1. The molecule has 140 valence electrons. The van der Waals surface area contributed by atoms with Gasteiger partial charge in [0.1, 0.15) is 11.4 Å². The Morgan fingerprint density at radius 2 is 2.04 bits per heavy atom. The summed E-state index contributed by atoms with van der Waals surface area (Å²) in [5.74, 6) is -0.931. The molecule has 3 N–H and O–H groups in total. The third kappa shape index (κ3) is 4.12. The summed E-state index contributed by atoms with van der Waals surface area (Å²) >= 11 is 0. The highest BCUT2D eigenvalue weighted by molar-refractivity contribution is 5.95. The van der Waals surface area contributed by atoms with Gasteiger partial charge in [0.05, 0.1) is 5.60 Å². The van der Waals surface area contributed by atoms with Gasteiger partial charge >= 0.3 is 0 Å². The zero-order valence-corrected chi connectivity index (χ0v) is 15.1. The fourth-order valence-corrected chi connectivity index (χ4v) is 2.92. The summed E-state index contributed by atoms with van der Waals surface area (Å²) in [6.45, 7) is 2.84. The lowest BCUT2D eigenvalue weighted by Gasteiger charge is -2.21. The molecule has 0 radical (unpaired) electrons. The van der Waals surface area contributed by atoms with Crippen molar-refractivity contribution in [2.45, 2.75) is 18.9 Å². The van der Waals surface area contributed by atoms with Crippen molar-refractivity contribution < 1.29 is 14.3 Å². The molecule has 1 aliphatic rings. The molecule has 3 rings (SSSR count). The number of aromatic nitrogens is 1. The summed E-state index contributed by atoms with van der Waals surface area (Å²) in [4.78, 5) is 25.2. The number of rotatable bonds is 4. The van der Waals surface area contributed by atoms with Crippen molar-refractivity contribution in [3.8, 4) is 5.69 Å². The van der Waals surface area contributed by atoms with Crippen molar-refractivity contribution in [2.75, 3.05) is 19.6 Å². The fraction of sp³-hybridized carbons (Fsp3) is 0.333. The van der Waals surface area contributed by atoms with Gasteiger partial charge < -0.3 is 15.7 Å². The van der Waals surface area contributed by atoms with Crippen LogP contribution in [0.15, 0.2) is 41.3 Å². The average molecular weight is 382 g/mol. The number of carbonyl (C=O) groups excluding carboxylic acids is 1. The van der Waals surface area contributed by atoms with Crippen LogP contribution in [0.2, 0.25) is 0 Å². The lowest BCUT2D eigenvalue weighted by Crippen LogP contribution is -2.45. The van der Waals surface area contributed by atoms with E-state index in [9.17, 15) is 19.1 Å². The van der Waals surface area contributed by atoms with Crippen LogP contribution in [-0.2, 0) is 0 Å². The predicted molar refractivity (Wildman–Crippen MR) is 98.8 cm³/mol. The Balaban J connectivity index is 0.00000243. The Morgan fingerprint density at radius 3 is 2.65 bits per heavy atom. The molecule has 0 bridgehead atoms. The van der Waals surface area contributed by atoms with E-state index in [1.54, 1.807) is 19.2 Å². The molecule has 1 fully saturated rings. The monoisotopic (exact) mass is 381 g/mol. The smallest absolute Gasteiger partial charge is 0.268 e. The predicted octanol–water partition coefficient (Wildman–Crippen LogP) is 1.16. The van der Waals surface area contributed by atoms with E-state index < -0.39 is 22.9 Å². The number of aliphatic hydroxyl groups is 1. The Morgan fingerprint density at radius 1 is 1.35 bits per heavy atom. The maximum absolute atomic E-state index is 13.1. The standard InChI is InChI=1S/C18H20FN3O3.ClH/c1-12-6-9-22(14-4-2-13(19)3-5-14)17(24)15(12)16(23)21-11-18(25)7-8-20-10-18;/h2-6,9,20,25H,7-8,10-11H2,1H3,(H,21,23);1H. The first kappa shape index (κ1) is 20.1. The molecule has 0 spiro atoms. The molecule has 1 unspecified atom stereocenters. The van der Waals surface area contributed by atoms with E-state index >= 15 is 0 Å². The molecule has 1 aromatic heterocycles. The summed E-state index contributed by atoms with van der Waals surface area (Å²) in [5.41, 5.74) is -0.451. The van der Waals surface area contributed by atoms with Crippen LogP contribution >= 0.6 is 12.4 Å². The number of aryl methyl sites for hydroxylation is 1. The SMILES string of the molecule is Cc1ccn(-c2ccc(F)cc2)c(=O)c1C(=O)NCC1(O)CCNC1.Cl. The number of amides is 1. The molecule has 1 aromatic carbocycles. The van der Waals surface area contributed by atoms with Crippen LogP contribution in [0.25, 0.3) is 5.69 Å². The Bertz CT molecular complexity index is 846. The highest BCUT2D eigenvalue weighted by Crippen LogP contribution is 2.13. The van der Waals surface area contributed by atoms with Gasteiger partial charge in [0.2, 0.25) is 0 Å². The van der Waals surface area contributed by atoms with Gasteiger partial charge in [-0.2, -0.15) is 0 Å². The molecule has 1 saturated heterocycles. The van der Waals surface area contributed by atoms with Crippen LogP contribution < -0.4 is 16.2 Å². The van der Waals surface area contributed by atoms with Crippen LogP contribution in [0, 0.1) is 12.7 Å². The van der Waals surface area contributed by atoms with E-state index in [0.717, 1.165) is 0 Å². The normalized spacial score (nSPS) is 19.0. The van der Waals surface area contributed by atoms with Gasteiger partial charge in [-0.15, -0.1) is 12.4 Å². The van der Waals surface area contributed by atoms with Crippen molar-refractivity contribution in [2.24, 2.45) is 0 Å². The van der Waals surface area contributed by atoms with Crippen LogP contribution in [0.4, 0.5) is 4.39 Å². The maximum atomic E-state index is 13.1. The molecule has 8 heteroatoms. The molecule has 1 atom stereocenters. The number of benzene rings is 1. The first-order valence-electron chi connectivity index (χ1n) is 8.09. The minimum Gasteiger partial charge on any atom is -0.387 e. The first-order chi connectivity index (χ1) is 11.9. The number of hydrogen-bond acceptors (Lipinski definition) is 4. The third-order valence-corrected chi connectivity index (χ3v) is 4.43. The second-order valence-corrected chi connectivity index (χ2v) is 6.36. The number of halogens is 2. The second-order valence-electron chi connectivity index (χ2n) is 6.36. The number of hydrogen-bond donors (Lipinski definition) is 3. The summed E-state index contributed by atoms with van der Waals surface area (Å²) < 4.78 is 14.4. The minimum absolute atomic E-state index is 0. The first-order valence-corrected chi connectivity index (χ1v) is 8.09. The molecule has 1 amide bonds. The van der Waals surface area contributed by atoms with Gasteiger partial charge in [0.25, 0.3) is 11.5 Å². The van der Waals surface area contributed by atoms with Crippen molar-refractivity contribution >= 4 is 18.3 Å². The van der Waals surface area contributed by atoms with Crippen LogP contribution in [-0.4, -0.2) is 40.8 Å². The highest BCUT2D eigenvalue weighted by atomic mass is 35.5. The zero-order chi connectivity index (χ0) is 18.0. The molecular weight excluding hydrogens is 361 g/mol. The quantitative estimate of drug-likeness (QED) is 0.742. The highest BCUT2D eigenvalue weighted by Gasteiger charge is 2.31. The summed E-state index contributed by atoms with van der Waals surface area (Å²) in [5, 5.41) is 16.0. The van der Waals surface area contributed by atoms with E-state index in [-0.39, 0.29) is 24.5 Å². The van der Waals surface area contributed by atoms with Crippen molar-refractivity contribution in [3.05, 3.63) is 63.8 Å². The number of carbonyl (C=O) groups is 1. The van der Waals surface area contributed by atoms with Gasteiger partial charge in [-0.25, -0.2) is 4.39 Å². The lowest BCUT2D eigenvalue weighted by atomic mass is 10.0. The zero-order valence-electron chi connectivity index (χ0n) is 14.3. The van der Waals surface area contributed by atoms with Crippen molar-refractivity contribution in [3.63, 3.8) is 0 Å².